The lowest BCUT2D eigenvalue weighted by molar-refractivity contribution is 1.56. The number of benzene rings is 3. The van der Waals surface area contributed by atoms with Crippen LogP contribution in [-0.2, 0) is 0 Å². The quantitative estimate of drug-likeness (QED) is 0.497. The number of rotatable bonds is 1. The summed E-state index contributed by atoms with van der Waals surface area (Å²) in [7, 11) is 0. The second-order valence-corrected chi connectivity index (χ2v) is 4.87. The Hall–Kier alpha value is -2.08. The summed E-state index contributed by atoms with van der Waals surface area (Å²) in [6.45, 7) is 8.44. The van der Waals surface area contributed by atoms with Gasteiger partial charge in [0, 0.05) is 0 Å². The molecule has 0 unspecified atom stereocenters. The van der Waals surface area contributed by atoms with Gasteiger partial charge >= 0.3 is 0 Å². The molecule has 3 aromatic carbocycles. The zero-order chi connectivity index (χ0) is 12.7. The van der Waals surface area contributed by atoms with E-state index in [0.29, 0.717) is 0 Å². The van der Waals surface area contributed by atoms with Gasteiger partial charge in [0.05, 0.1) is 0 Å². The third kappa shape index (κ3) is 1.46. The summed E-state index contributed by atoms with van der Waals surface area (Å²) in [4.78, 5) is 0. The van der Waals surface area contributed by atoms with E-state index in [0.717, 1.165) is 5.57 Å². The van der Waals surface area contributed by atoms with Crippen LogP contribution in [0, 0.1) is 6.92 Å². The van der Waals surface area contributed by atoms with Crippen molar-refractivity contribution in [1.29, 1.82) is 0 Å². The lowest BCUT2D eigenvalue weighted by atomic mass is 9.90. The Morgan fingerprint density at radius 1 is 0.778 bits per heavy atom. The molecule has 0 aliphatic carbocycles. The molecule has 0 nitrogen and oxygen atoms in total. The molecule has 88 valence electrons. The van der Waals surface area contributed by atoms with Crippen LogP contribution < -0.4 is 0 Å². The topological polar surface area (TPSA) is 0 Å². The zero-order valence-corrected chi connectivity index (χ0v) is 10.8. The molecule has 0 heterocycles. The van der Waals surface area contributed by atoms with Gasteiger partial charge < -0.3 is 0 Å². The molecule has 0 saturated carbocycles. The molecule has 0 amide bonds. The highest BCUT2D eigenvalue weighted by Gasteiger charge is 2.10. The molecule has 0 radical (unpaired) electrons. The van der Waals surface area contributed by atoms with Crippen LogP contribution in [0.2, 0.25) is 0 Å². The van der Waals surface area contributed by atoms with Crippen LogP contribution in [-0.4, -0.2) is 0 Å². The Morgan fingerprint density at radius 2 is 1.17 bits per heavy atom. The largest absolute Gasteiger partial charge is 0.0955 e. The Labute approximate surface area is 108 Å². The first-order valence-electron chi connectivity index (χ1n) is 6.26. The van der Waals surface area contributed by atoms with Crippen molar-refractivity contribution in [2.75, 3.05) is 0 Å². The summed E-state index contributed by atoms with van der Waals surface area (Å²) in [6, 6.07) is 17.2. The first-order chi connectivity index (χ1) is 8.70. The normalized spacial score (nSPS) is 11.0. The van der Waals surface area contributed by atoms with Crippen molar-refractivity contribution >= 4 is 27.1 Å². The molecular weight excluding hydrogens is 216 g/mol. The third-order valence-corrected chi connectivity index (χ3v) is 3.63. The smallest absolute Gasteiger partial charge is 0.00758 e. The highest BCUT2D eigenvalue weighted by atomic mass is 14.1. The van der Waals surface area contributed by atoms with Gasteiger partial charge in [-0.25, -0.2) is 0 Å². The van der Waals surface area contributed by atoms with Crippen LogP contribution in [0.1, 0.15) is 18.1 Å². The molecule has 0 aromatic heterocycles. The summed E-state index contributed by atoms with van der Waals surface area (Å²) in [5.74, 6) is 0. The molecule has 0 aliphatic heterocycles. The van der Waals surface area contributed by atoms with Gasteiger partial charge in [-0.05, 0) is 52.1 Å². The summed E-state index contributed by atoms with van der Waals surface area (Å²) >= 11 is 0. The molecular formula is C18H16. The molecule has 0 atom stereocenters. The summed E-state index contributed by atoms with van der Waals surface area (Å²) in [5, 5.41) is 5.27. The molecule has 3 aromatic rings. The average molecular weight is 232 g/mol. The lowest BCUT2D eigenvalue weighted by Gasteiger charge is -2.14. The molecule has 0 spiro atoms. The summed E-state index contributed by atoms with van der Waals surface area (Å²) in [5.41, 5.74) is 3.76. The minimum atomic E-state index is 1.13. The minimum Gasteiger partial charge on any atom is -0.0955 e. The number of aryl methyl sites for hydroxylation is 1. The Kier molecular flexibility index (Phi) is 2.45. The van der Waals surface area contributed by atoms with Crippen molar-refractivity contribution in [3.63, 3.8) is 0 Å². The molecule has 0 N–H and O–H groups in total. The Balaban J connectivity index is 2.67. The van der Waals surface area contributed by atoms with Gasteiger partial charge in [0.1, 0.15) is 0 Å². The van der Waals surface area contributed by atoms with E-state index >= 15 is 0 Å². The van der Waals surface area contributed by atoms with Crippen molar-refractivity contribution in [1.82, 2.24) is 0 Å². The van der Waals surface area contributed by atoms with E-state index in [1.54, 1.807) is 0 Å². The van der Waals surface area contributed by atoms with Crippen molar-refractivity contribution in [3.05, 3.63) is 66.2 Å². The number of hydrogen-bond donors (Lipinski definition) is 0. The summed E-state index contributed by atoms with van der Waals surface area (Å²) in [6.07, 6.45) is 0. The maximum atomic E-state index is 4.16. The van der Waals surface area contributed by atoms with Gasteiger partial charge in [-0.15, -0.1) is 0 Å². The maximum Gasteiger partial charge on any atom is -0.00758 e. The standard InChI is InChI=1S/C18H16/c1-12(2)18-16-10-6-4-8-14(16)13(3)15-9-5-7-11-17(15)18/h4-11H,1H2,2-3H3. The highest BCUT2D eigenvalue weighted by molar-refractivity contribution is 6.10. The van der Waals surface area contributed by atoms with Crippen molar-refractivity contribution < 1.29 is 0 Å². The fourth-order valence-electron chi connectivity index (χ4n) is 2.81. The number of allylic oxidation sites excluding steroid dienone is 1. The van der Waals surface area contributed by atoms with E-state index in [4.69, 9.17) is 0 Å². The van der Waals surface area contributed by atoms with Crippen molar-refractivity contribution in [2.24, 2.45) is 0 Å². The van der Waals surface area contributed by atoms with Crippen molar-refractivity contribution in [2.45, 2.75) is 13.8 Å². The van der Waals surface area contributed by atoms with E-state index in [-0.39, 0.29) is 0 Å². The Morgan fingerprint density at radius 3 is 1.56 bits per heavy atom. The molecule has 0 heteroatoms. The highest BCUT2D eigenvalue weighted by Crippen LogP contribution is 2.35. The molecule has 18 heavy (non-hydrogen) atoms. The molecule has 0 saturated heterocycles. The predicted octanol–water partition coefficient (Wildman–Crippen LogP) is 5.33. The second kappa shape index (κ2) is 3.99. The zero-order valence-electron chi connectivity index (χ0n) is 10.8. The fraction of sp³-hybridized carbons (Fsp3) is 0.111. The Bertz CT molecular complexity index is 706. The van der Waals surface area contributed by atoms with Crippen LogP contribution in [0.5, 0.6) is 0 Å². The van der Waals surface area contributed by atoms with E-state index in [2.05, 4.69) is 69.0 Å². The predicted molar refractivity (Wildman–Crippen MR) is 80.9 cm³/mol. The van der Waals surface area contributed by atoms with Gasteiger partial charge in [-0.1, -0.05) is 55.1 Å². The summed E-state index contributed by atoms with van der Waals surface area (Å²) < 4.78 is 0. The van der Waals surface area contributed by atoms with Crippen LogP contribution in [0.4, 0.5) is 0 Å². The SMILES string of the molecule is C=C(C)c1c2ccccc2c(C)c2ccccc12. The number of hydrogen-bond acceptors (Lipinski definition) is 0. The molecule has 0 bridgehead atoms. The van der Waals surface area contributed by atoms with Crippen LogP contribution in [0.15, 0.2) is 55.1 Å². The van der Waals surface area contributed by atoms with E-state index in [1.807, 2.05) is 0 Å². The maximum absolute atomic E-state index is 4.16. The minimum absolute atomic E-state index is 1.13. The monoisotopic (exact) mass is 232 g/mol. The van der Waals surface area contributed by atoms with Gasteiger partial charge in [-0.3, -0.25) is 0 Å². The van der Waals surface area contributed by atoms with E-state index < -0.39 is 0 Å². The first-order valence-corrected chi connectivity index (χ1v) is 6.26. The molecule has 3 rings (SSSR count). The third-order valence-electron chi connectivity index (χ3n) is 3.63. The fourth-order valence-corrected chi connectivity index (χ4v) is 2.81. The average Bonchev–Trinajstić information content (AvgIpc) is 2.39. The van der Waals surface area contributed by atoms with Gasteiger partial charge in [0.2, 0.25) is 0 Å². The van der Waals surface area contributed by atoms with Gasteiger partial charge in [-0.2, -0.15) is 0 Å². The van der Waals surface area contributed by atoms with Crippen LogP contribution in [0.25, 0.3) is 27.1 Å². The van der Waals surface area contributed by atoms with E-state index in [1.165, 1.54) is 32.7 Å². The first kappa shape index (κ1) is 11.0. The van der Waals surface area contributed by atoms with Crippen LogP contribution >= 0.6 is 0 Å². The van der Waals surface area contributed by atoms with Gasteiger partial charge in [0.25, 0.3) is 0 Å². The van der Waals surface area contributed by atoms with Gasteiger partial charge in [0.15, 0.2) is 0 Å². The van der Waals surface area contributed by atoms with Crippen LogP contribution in [0.3, 0.4) is 0 Å². The number of fused-ring (bicyclic) bond motifs is 2. The molecule has 0 fully saturated rings. The van der Waals surface area contributed by atoms with Crippen molar-refractivity contribution in [3.8, 4) is 0 Å². The van der Waals surface area contributed by atoms with E-state index in [9.17, 15) is 0 Å². The lowest BCUT2D eigenvalue weighted by Crippen LogP contribution is -1.90. The second-order valence-electron chi connectivity index (χ2n) is 4.87. The molecule has 0 aliphatic rings.